The number of anilines is 1. The largest absolute Gasteiger partial charge is 0.352 e. The summed E-state index contributed by atoms with van der Waals surface area (Å²) in [7, 11) is 0. The number of nitrogens with zero attached hydrogens (tertiary/aromatic N) is 4. The van der Waals surface area contributed by atoms with Gasteiger partial charge in [-0.1, -0.05) is 29.8 Å². The lowest BCUT2D eigenvalue weighted by Crippen LogP contribution is -2.52. The molecule has 168 valence electrons. The van der Waals surface area contributed by atoms with Crippen LogP contribution in [-0.4, -0.2) is 52.1 Å². The summed E-state index contributed by atoms with van der Waals surface area (Å²) in [6.45, 7) is 5.15. The third kappa shape index (κ3) is 4.50. The van der Waals surface area contributed by atoms with Crippen molar-refractivity contribution in [3.8, 4) is 11.3 Å². The number of nitrogens with one attached hydrogen (secondary N) is 2. The molecule has 7 nitrogen and oxygen atoms in total. The Labute approximate surface area is 191 Å². The number of benzene rings is 2. The first kappa shape index (κ1) is 20.9. The van der Waals surface area contributed by atoms with Crippen LogP contribution in [-0.2, 0) is 6.54 Å². The SMILES string of the molecule is Cc1ccc(CNC(=O)N2CCN(c3ncnc4[nH]c(-c5ccc(F)cc5)cc34)CC2)cc1. The Morgan fingerprint density at radius 3 is 2.48 bits per heavy atom. The number of rotatable bonds is 4. The fourth-order valence-corrected chi connectivity index (χ4v) is 4.08. The molecule has 0 radical (unpaired) electrons. The van der Waals surface area contributed by atoms with Crippen molar-refractivity contribution in [3.05, 3.63) is 77.9 Å². The molecule has 2 amide bonds. The first-order valence-electron chi connectivity index (χ1n) is 11.0. The summed E-state index contributed by atoms with van der Waals surface area (Å²) < 4.78 is 13.3. The van der Waals surface area contributed by atoms with Crippen LogP contribution in [0, 0.1) is 12.7 Å². The molecular weight excluding hydrogens is 419 g/mol. The standard InChI is InChI=1S/C25H25FN6O/c1-17-2-4-18(5-3-17)15-27-25(33)32-12-10-31(11-13-32)24-21-14-22(30-23(21)28-16-29-24)19-6-8-20(26)9-7-19/h2-9,14,16H,10-13,15H2,1H3,(H,27,33)(H,28,29,30). The minimum atomic E-state index is -0.267. The van der Waals surface area contributed by atoms with E-state index in [2.05, 4.69) is 25.2 Å². The molecule has 2 aromatic carbocycles. The summed E-state index contributed by atoms with van der Waals surface area (Å²) >= 11 is 0. The summed E-state index contributed by atoms with van der Waals surface area (Å²) in [5.41, 5.74) is 4.77. The average Bonchev–Trinajstić information content (AvgIpc) is 3.28. The lowest BCUT2D eigenvalue weighted by Gasteiger charge is -2.35. The van der Waals surface area contributed by atoms with Gasteiger partial charge < -0.3 is 20.1 Å². The van der Waals surface area contributed by atoms with Gasteiger partial charge in [0, 0.05) is 38.4 Å². The fourth-order valence-electron chi connectivity index (χ4n) is 4.08. The Kier molecular flexibility index (Phi) is 5.64. The van der Waals surface area contributed by atoms with Crippen molar-refractivity contribution in [1.29, 1.82) is 0 Å². The van der Waals surface area contributed by atoms with Gasteiger partial charge in [0.15, 0.2) is 0 Å². The van der Waals surface area contributed by atoms with Crippen molar-refractivity contribution in [2.24, 2.45) is 0 Å². The molecule has 33 heavy (non-hydrogen) atoms. The lowest BCUT2D eigenvalue weighted by molar-refractivity contribution is 0.194. The maximum absolute atomic E-state index is 13.3. The van der Waals surface area contributed by atoms with Crippen molar-refractivity contribution in [2.45, 2.75) is 13.5 Å². The van der Waals surface area contributed by atoms with Crippen LogP contribution in [0.2, 0.25) is 0 Å². The molecule has 1 aliphatic rings. The number of piperazine rings is 1. The topological polar surface area (TPSA) is 77.2 Å². The minimum Gasteiger partial charge on any atom is -0.352 e. The van der Waals surface area contributed by atoms with Crippen molar-refractivity contribution in [1.82, 2.24) is 25.2 Å². The fraction of sp³-hybridized carbons (Fsp3) is 0.240. The lowest BCUT2D eigenvalue weighted by atomic mass is 10.1. The molecule has 5 rings (SSSR count). The number of carbonyl (C=O) groups is 1. The van der Waals surface area contributed by atoms with Crippen LogP contribution in [0.25, 0.3) is 22.3 Å². The normalized spacial score (nSPS) is 14.0. The van der Waals surface area contributed by atoms with Gasteiger partial charge in [-0.2, -0.15) is 0 Å². The Morgan fingerprint density at radius 1 is 1.03 bits per heavy atom. The van der Waals surface area contributed by atoms with E-state index in [9.17, 15) is 9.18 Å². The van der Waals surface area contributed by atoms with E-state index in [0.717, 1.165) is 33.7 Å². The van der Waals surface area contributed by atoms with Crippen molar-refractivity contribution >= 4 is 22.9 Å². The average molecular weight is 445 g/mol. The molecule has 0 spiro atoms. The van der Waals surface area contributed by atoms with Crippen LogP contribution in [0.4, 0.5) is 15.0 Å². The smallest absolute Gasteiger partial charge is 0.317 e. The number of fused-ring (bicyclic) bond motifs is 1. The molecule has 1 saturated heterocycles. The van der Waals surface area contributed by atoms with Gasteiger partial charge in [-0.25, -0.2) is 19.2 Å². The van der Waals surface area contributed by atoms with Crippen molar-refractivity contribution in [2.75, 3.05) is 31.1 Å². The molecule has 3 heterocycles. The van der Waals surface area contributed by atoms with Gasteiger partial charge in [0.2, 0.25) is 0 Å². The highest BCUT2D eigenvalue weighted by Gasteiger charge is 2.23. The minimum absolute atomic E-state index is 0.0525. The zero-order valence-corrected chi connectivity index (χ0v) is 18.4. The molecule has 0 saturated carbocycles. The van der Waals surface area contributed by atoms with Gasteiger partial charge in [-0.15, -0.1) is 0 Å². The van der Waals surface area contributed by atoms with Crippen LogP contribution in [0.1, 0.15) is 11.1 Å². The van der Waals surface area contributed by atoms with Gasteiger partial charge in [0.1, 0.15) is 23.6 Å². The van der Waals surface area contributed by atoms with E-state index >= 15 is 0 Å². The van der Waals surface area contributed by atoms with Crippen LogP contribution in [0.15, 0.2) is 60.9 Å². The summed E-state index contributed by atoms with van der Waals surface area (Å²) in [6.07, 6.45) is 1.54. The van der Waals surface area contributed by atoms with E-state index in [-0.39, 0.29) is 11.8 Å². The number of H-pyrrole nitrogens is 1. The zero-order chi connectivity index (χ0) is 22.8. The zero-order valence-electron chi connectivity index (χ0n) is 18.4. The van der Waals surface area contributed by atoms with Gasteiger partial charge >= 0.3 is 6.03 Å². The first-order chi connectivity index (χ1) is 16.1. The number of aromatic amines is 1. The van der Waals surface area contributed by atoms with Gasteiger partial charge in [-0.3, -0.25) is 0 Å². The van der Waals surface area contributed by atoms with Crippen LogP contribution in [0.3, 0.4) is 0 Å². The number of urea groups is 1. The number of hydrogen-bond donors (Lipinski definition) is 2. The number of halogens is 1. The van der Waals surface area contributed by atoms with Crippen LogP contribution in [0.5, 0.6) is 0 Å². The summed E-state index contributed by atoms with van der Waals surface area (Å²) in [5, 5.41) is 3.92. The Hall–Kier alpha value is -3.94. The Bertz CT molecular complexity index is 1260. The van der Waals surface area contributed by atoms with E-state index in [4.69, 9.17) is 0 Å². The third-order valence-corrected chi connectivity index (χ3v) is 5.99. The molecule has 2 aromatic heterocycles. The maximum atomic E-state index is 13.3. The number of carbonyl (C=O) groups excluding carboxylic acids is 1. The number of aromatic nitrogens is 3. The van der Waals surface area contributed by atoms with E-state index in [1.165, 1.54) is 17.7 Å². The predicted octanol–water partition coefficient (Wildman–Crippen LogP) is 4.10. The number of hydrogen-bond acceptors (Lipinski definition) is 4. The second kappa shape index (κ2) is 8.90. The maximum Gasteiger partial charge on any atom is 0.317 e. The van der Waals surface area contributed by atoms with Crippen molar-refractivity contribution in [3.63, 3.8) is 0 Å². The van der Waals surface area contributed by atoms with Gasteiger partial charge in [0.05, 0.1) is 5.39 Å². The molecule has 4 aromatic rings. The van der Waals surface area contributed by atoms with Crippen LogP contribution >= 0.6 is 0 Å². The molecule has 0 aliphatic carbocycles. The molecule has 8 heteroatoms. The van der Waals surface area contributed by atoms with Gasteiger partial charge in [-0.05, 0) is 48.4 Å². The molecule has 0 atom stereocenters. The molecule has 1 aliphatic heterocycles. The quantitative estimate of drug-likeness (QED) is 0.497. The molecule has 0 unspecified atom stereocenters. The van der Waals surface area contributed by atoms with E-state index in [1.807, 2.05) is 42.2 Å². The predicted molar refractivity (Wildman–Crippen MR) is 126 cm³/mol. The second-order valence-electron chi connectivity index (χ2n) is 8.27. The van der Waals surface area contributed by atoms with Crippen LogP contribution < -0.4 is 10.2 Å². The second-order valence-corrected chi connectivity index (χ2v) is 8.27. The molecular formula is C25H25FN6O. The van der Waals surface area contributed by atoms with E-state index in [1.54, 1.807) is 18.5 Å². The Balaban J connectivity index is 1.25. The summed E-state index contributed by atoms with van der Waals surface area (Å²) in [4.78, 5) is 28.8. The highest BCUT2D eigenvalue weighted by atomic mass is 19.1. The Morgan fingerprint density at radius 2 is 1.76 bits per heavy atom. The third-order valence-electron chi connectivity index (χ3n) is 5.99. The molecule has 2 N–H and O–H groups in total. The van der Waals surface area contributed by atoms with E-state index in [0.29, 0.717) is 32.7 Å². The molecule has 1 fully saturated rings. The van der Waals surface area contributed by atoms with E-state index < -0.39 is 0 Å². The van der Waals surface area contributed by atoms with Gasteiger partial charge in [0.25, 0.3) is 0 Å². The van der Waals surface area contributed by atoms with Crippen molar-refractivity contribution < 1.29 is 9.18 Å². The highest BCUT2D eigenvalue weighted by Crippen LogP contribution is 2.29. The first-order valence-corrected chi connectivity index (χ1v) is 11.0. The number of aryl methyl sites for hydroxylation is 1. The molecule has 0 bridgehead atoms. The highest BCUT2D eigenvalue weighted by molar-refractivity contribution is 5.92. The summed E-state index contributed by atoms with van der Waals surface area (Å²) in [5.74, 6) is 0.570. The number of amides is 2. The monoisotopic (exact) mass is 444 g/mol. The summed E-state index contributed by atoms with van der Waals surface area (Å²) in [6, 6.07) is 16.5.